The molecule has 1 aliphatic rings. The SMILES string of the molecule is COCc1nnc2sc([C@@H]3CC[C@H](N)C3)nn12. The van der Waals surface area contributed by atoms with Gasteiger partial charge >= 0.3 is 0 Å². The highest BCUT2D eigenvalue weighted by Crippen LogP contribution is 2.35. The predicted molar refractivity (Wildman–Crippen MR) is 63.9 cm³/mol. The van der Waals surface area contributed by atoms with Crippen LogP contribution < -0.4 is 5.73 Å². The van der Waals surface area contributed by atoms with Gasteiger partial charge in [-0.05, 0) is 19.3 Å². The molecule has 6 nitrogen and oxygen atoms in total. The maximum absolute atomic E-state index is 5.93. The van der Waals surface area contributed by atoms with Gasteiger partial charge in [0.2, 0.25) is 4.96 Å². The molecule has 2 aromatic rings. The first-order valence-corrected chi connectivity index (χ1v) is 6.55. The van der Waals surface area contributed by atoms with Gasteiger partial charge in [-0.2, -0.15) is 9.61 Å². The molecular formula is C10H15N5OS. The maximum Gasteiger partial charge on any atom is 0.234 e. The van der Waals surface area contributed by atoms with Gasteiger partial charge in [0, 0.05) is 19.1 Å². The quantitative estimate of drug-likeness (QED) is 0.880. The highest BCUT2D eigenvalue weighted by atomic mass is 32.1. The maximum atomic E-state index is 5.93. The molecule has 0 radical (unpaired) electrons. The second-order valence-corrected chi connectivity index (χ2v) is 5.44. The van der Waals surface area contributed by atoms with Crippen molar-refractivity contribution in [2.45, 2.75) is 37.8 Å². The van der Waals surface area contributed by atoms with Gasteiger partial charge in [-0.25, -0.2) is 0 Å². The van der Waals surface area contributed by atoms with E-state index in [1.807, 2.05) is 0 Å². The first-order valence-electron chi connectivity index (χ1n) is 5.73. The topological polar surface area (TPSA) is 78.3 Å². The fourth-order valence-electron chi connectivity index (χ4n) is 2.30. The molecule has 2 N–H and O–H groups in total. The summed E-state index contributed by atoms with van der Waals surface area (Å²) >= 11 is 1.61. The van der Waals surface area contributed by atoms with E-state index in [1.165, 1.54) is 0 Å². The van der Waals surface area contributed by atoms with E-state index >= 15 is 0 Å². The molecular weight excluding hydrogens is 238 g/mol. The molecule has 0 saturated heterocycles. The van der Waals surface area contributed by atoms with Gasteiger partial charge in [0.05, 0.1) is 0 Å². The largest absolute Gasteiger partial charge is 0.377 e. The Kier molecular flexibility index (Phi) is 2.81. The third-order valence-electron chi connectivity index (χ3n) is 3.17. The van der Waals surface area contributed by atoms with Crippen LogP contribution >= 0.6 is 11.3 Å². The Balaban J connectivity index is 1.91. The lowest BCUT2D eigenvalue weighted by Crippen LogP contribution is -2.14. The lowest BCUT2D eigenvalue weighted by atomic mass is 10.1. The van der Waals surface area contributed by atoms with Gasteiger partial charge in [0.1, 0.15) is 11.6 Å². The number of hydrogen-bond donors (Lipinski definition) is 1. The van der Waals surface area contributed by atoms with E-state index in [9.17, 15) is 0 Å². The van der Waals surface area contributed by atoms with Crippen molar-refractivity contribution in [2.75, 3.05) is 7.11 Å². The predicted octanol–water partition coefficient (Wildman–Crippen LogP) is 0.927. The van der Waals surface area contributed by atoms with E-state index in [4.69, 9.17) is 10.5 Å². The molecule has 1 saturated carbocycles. The normalized spacial score (nSPS) is 24.8. The van der Waals surface area contributed by atoms with Crippen LogP contribution in [-0.2, 0) is 11.3 Å². The zero-order chi connectivity index (χ0) is 11.8. The first-order chi connectivity index (χ1) is 8.28. The number of ether oxygens (including phenoxy) is 1. The van der Waals surface area contributed by atoms with Crippen molar-refractivity contribution in [3.05, 3.63) is 10.8 Å². The van der Waals surface area contributed by atoms with Crippen LogP contribution in [0.1, 0.15) is 36.0 Å². The number of rotatable bonds is 3. The summed E-state index contributed by atoms with van der Waals surface area (Å²) in [7, 11) is 1.64. The van der Waals surface area contributed by atoms with E-state index in [0.29, 0.717) is 18.6 Å². The van der Waals surface area contributed by atoms with E-state index in [0.717, 1.165) is 35.1 Å². The molecule has 0 unspecified atom stereocenters. The van der Waals surface area contributed by atoms with Crippen LogP contribution in [0.3, 0.4) is 0 Å². The second-order valence-electron chi connectivity index (χ2n) is 4.45. The summed E-state index contributed by atoms with van der Waals surface area (Å²) in [5, 5.41) is 13.9. The van der Waals surface area contributed by atoms with Gasteiger partial charge in [-0.3, -0.25) is 0 Å². The number of fused-ring (bicyclic) bond motifs is 1. The molecule has 0 aliphatic heterocycles. The molecule has 1 aliphatic carbocycles. The van der Waals surface area contributed by atoms with Gasteiger partial charge in [-0.1, -0.05) is 11.3 Å². The Bertz CT molecular complexity index is 522. The molecule has 2 heterocycles. The highest BCUT2D eigenvalue weighted by molar-refractivity contribution is 7.16. The fourth-order valence-corrected chi connectivity index (χ4v) is 3.30. The van der Waals surface area contributed by atoms with Crippen LogP contribution in [-0.4, -0.2) is 33.0 Å². The zero-order valence-electron chi connectivity index (χ0n) is 9.67. The molecule has 2 atom stereocenters. The number of aromatic nitrogens is 4. The third kappa shape index (κ3) is 1.94. The average Bonchev–Trinajstić information content (AvgIpc) is 2.95. The highest BCUT2D eigenvalue weighted by Gasteiger charge is 2.27. The van der Waals surface area contributed by atoms with Crippen LogP contribution in [0.15, 0.2) is 0 Å². The average molecular weight is 253 g/mol. The van der Waals surface area contributed by atoms with Gasteiger partial charge < -0.3 is 10.5 Å². The summed E-state index contributed by atoms with van der Waals surface area (Å²) in [5.41, 5.74) is 5.93. The van der Waals surface area contributed by atoms with Crippen LogP contribution in [0.25, 0.3) is 4.96 Å². The minimum atomic E-state index is 0.327. The minimum absolute atomic E-state index is 0.327. The van der Waals surface area contributed by atoms with Crippen LogP contribution in [0.4, 0.5) is 0 Å². The fraction of sp³-hybridized carbons (Fsp3) is 0.700. The standard InChI is InChI=1S/C10H15N5OS/c1-16-5-8-12-13-10-15(8)14-9(17-10)6-2-3-7(11)4-6/h6-7H,2-5,11H2,1H3/t6-,7+/m1/s1. The second kappa shape index (κ2) is 4.32. The Morgan fingerprint density at radius 2 is 2.35 bits per heavy atom. The number of hydrogen-bond acceptors (Lipinski definition) is 6. The first kappa shape index (κ1) is 11.1. The van der Waals surface area contributed by atoms with Crippen molar-refractivity contribution in [2.24, 2.45) is 5.73 Å². The van der Waals surface area contributed by atoms with Crippen LogP contribution in [0, 0.1) is 0 Å². The third-order valence-corrected chi connectivity index (χ3v) is 4.23. The summed E-state index contributed by atoms with van der Waals surface area (Å²) in [6.45, 7) is 0.439. The Labute approximate surface area is 103 Å². The van der Waals surface area contributed by atoms with Crippen molar-refractivity contribution >= 4 is 16.3 Å². The van der Waals surface area contributed by atoms with Crippen molar-refractivity contribution in [1.29, 1.82) is 0 Å². The number of methoxy groups -OCH3 is 1. The van der Waals surface area contributed by atoms with Crippen molar-refractivity contribution in [3.63, 3.8) is 0 Å². The van der Waals surface area contributed by atoms with Gasteiger partial charge in [0.15, 0.2) is 5.82 Å². The molecule has 1 fully saturated rings. The van der Waals surface area contributed by atoms with Gasteiger partial charge in [0.25, 0.3) is 0 Å². The molecule has 3 rings (SSSR count). The summed E-state index contributed by atoms with van der Waals surface area (Å²) in [4.78, 5) is 0.840. The molecule has 0 bridgehead atoms. The molecule has 0 aromatic carbocycles. The smallest absolute Gasteiger partial charge is 0.234 e. The van der Waals surface area contributed by atoms with E-state index in [2.05, 4.69) is 15.3 Å². The van der Waals surface area contributed by atoms with Crippen molar-refractivity contribution in [3.8, 4) is 0 Å². The van der Waals surface area contributed by atoms with Crippen LogP contribution in [0.2, 0.25) is 0 Å². The van der Waals surface area contributed by atoms with Crippen molar-refractivity contribution in [1.82, 2.24) is 19.8 Å². The van der Waals surface area contributed by atoms with Gasteiger partial charge in [-0.15, -0.1) is 10.2 Å². The van der Waals surface area contributed by atoms with Crippen molar-refractivity contribution < 1.29 is 4.74 Å². The summed E-state index contributed by atoms with van der Waals surface area (Å²) in [6, 6.07) is 0.327. The Morgan fingerprint density at radius 1 is 1.47 bits per heavy atom. The molecule has 92 valence electrons. The lowest BCUT2D eigenvalue weighted by molar-refractivity contribution is 0.176. The zero-order valence-corrected chi connectivity index (χ0v) is 10.5. The van der Waals surface area contributed by atoms with Crippen LogP contribution in [0.5, 0.6) is 0 Å². The molecule has 0 amide bonds. The Hall–Kier alpha value is -1.05. The van der Waals surface area contributed by atoms with E-state index in [-0.39, 0.29) is 0 Å². The number of nitrogens with two attached hydrogens (primary N) is 1. The lowest BCUT2D eigenvalue weighted by Gasteiger charge is -2.03. The molecule has 7 heteroatoms. The molecule has 17 heavy (non-hydrogen) atoms. The Morgan fingerprint density at radius 3 is 3.06 bits per heavy atom. The minimum Gasteiger partial charge on any atom is -0.377 e. The summed E-state index contributed by atoms with van der Waals surface area (Å²) in [6.07, 6.45) is 3.25. The molecule has 0 spiro atoms. The van der Waals surface area contributed by atoms with E-state index in [1.54, 1.807) is 23.0 Å². The summed E-state index contributed by atoms with van der Waals surface area (Å²) in [5.74, 6) is 1.25. The van der Waals surface area contributed by atoms with E-state index < -0.39 is 0 Å². The number of nitrogens with zero attached hydrogens (tertiary/aromatic N) is 4. The molecule has 2 aromatic heterocycles. The summed E-state index contributed by atoms with van der Waals surface area (Å²) < 4.78 is 6.85. The monoisotopic (exact) mass is 253 g/mol.